The second-order valence-corrected chi connectivity index (χ2v) is 5.17. The molecule has 3 nitrogen and oxygen atoms in total. The van der Waals surface area contributed by atoms with Crippen molar-refractivity contribution in [3.8, 4) is 0 Å². The number of methoxy groups -OCH3 is 1. The van der Waals surface area contributed by atoms with Gasteiger partial charge in [-0.3, -0.25) is 0 Å². The predicted octanol–water partition coefficient (Wildman–Crippen LogP) is 3.21. The van der Waals surface area contributed by atoms with E-state index in [1.807, 2.05) is 12.1 Å². The molecule has 0 bridgehead atoms. The van der Waals surface area contributed by atoms with Crippen molar-refractivity contribution in [2.24, 2.45) is 0 Å². The van der Waals surface area contributed by atoms with Crippen LogP contribution in [-0.4, -0.2) is 43.8 Å². The van der Waals surface area contributed by atoms with Gasteiger partial charge in [0.25, 0.3) is 0 Å². The number of piperidine rings is 1. The van der Waals surface area contributed by atoms with Crippen molar-refractivity contribution in [3.63, 3.8) is 0 Å². The number of nitrogens with zero attached hydrogens (tertiary/aromatic N) is 1. The van der Waals surface area contributed by atoms with E-state index in [1.165, 1.54) is 7.11 Å². The fourth-order valence-corrected chi connectivity index (χ4v) is 2.63. The minimum atomic E-state index is -3.36. The molecule has 6 heteroatoms. The minimum absolute atomic E-state index is 0.156. The predicted molar refractivity (Wildman–Crippen MR) is 72.3 cm³/mol. The van der Waals surface area contributed by atoms with Crippen LogP contribution in [0.25, 0.3) is 0 Å². The summed E-state index contributed by atoms with van der Waals surface area (Å²) < 4.78 is 43.4. The van der Waals surface area contributed by atoms with Crippen molar-refractivity contribution in [2.45, 2.75) is 24.8 Å². The molecule has 0 N–H and O–H groups in total. The van der Waals surface area contributed by atoms with Gasteiger partial charge in [-0.15, -0.1) is 0 Å². The van der Waals surface area contributed by atoms with E-state index in [0.717, 1.165) is 10.5 Å². The molecule has 1 aromatic carbocycles. The molecule has 0 aromatic heterocycles. The smallest absolute Gasteiger partial charge is 0.337 e. The number of carbonyl (C=O) groups excluding carboxylic acids is 1. The maximum absolute atomic E-state index is 13.2. The second-order valence-electron chi connectivity index (χ2n) is 5.17. The first-order valence-electron chi connectivity index (χ1n) is 6.85. The summed E-state index contributed by atoms with van der Waals surface area (Å²) in [5.41, 5.74) is 1.47. The lowest BCUT2D eigenvalue weighted by atomic mass is 9.89. The van der Waals surface area contributed by atoms with Gasteiger partial charge in [-0.1, -0.05) is 12.1 Å². The van der Waals surface area contributed by atoms with E-state index in [0.29, 0.717) is 18.4 Å². The van der Waals surface area contributed by atoms with Crippen LogP contribution in [0.2, 0.25) is 0 Å². The average molecular weight is 301 g/mol. The Hall–Kier alpha value is -1.56. The standard InChI is InChI=1S/C15H18F3NO2/c1-21-14(20)13-4-2-11(3-5-13)12-6-8-19(9-7-12)15(17,18)10-16/h2-5,12H,6-10H2,1H3. The summed E-state index contributed by atoms with van der Waals surface area (Å²) in [4.78, 5) is 12.2. The molecule has 1 aliphatic heterocycles. The van der Waals surface area contributed by atoms with Crippen molar-refractivity contribution in [1.29, 1.82) is 0 Å². The highest BCUT2D eigenvalue weighted by atomic mass is 19.3. The fourth-order valence-electron chi connectivity index (χ4n) is 2.63. The molecule has 1 aromatic rings. The van der Waals surface area contributed by atoms with Crippen molar-refractivity contribution >= 4 is 5.97 Å². The number of esters is 1. The van der Waals surface area contributed by atoms with Gasteiger partial charge in [0.2, 0.25) is 0 Å². The van der Waals surface area contributed by atoms with Crippen LogP contribution in [0, 0.1) is 0 Å². The van der Waals surface area contributed by atoms with Crippen LogP contribution in [0.3, 0.4) is 0 Å². The van der Waals surface area contributed by atoms with E-state index < -0.39 is 18.7 Å². The number of hydrogen-bond donors (Lipinski definition) is 0. The van der Waals surface area contributed by atoms with E-state index >= 15 is 0 Å². The first-order valence-corrected chi connectivity index (χ1v) is 6.85. The first-order chi connectivity index (χ1) is 9.97. The van der Waals surface area contributed by atoms with Crippen LogP contribution < -0.4 is 0 Å². The summed E-state index contributed by atoms with van der Waals surface area (Å²) in [6.07, 6.45) is 1.10. The van der Waals surface area contributed by atoms with Gasteiger partial charge in [0, 0.05) is 13.1 Å². The zero-order valence-corrected chi connectivity index (χ0v) is 11.8. The molecule has 0 atom stereocenters. The number of likely N-dealkylation sites (tertiary alicyclic amines) is 1. The maximum Gasteiger partial charge on any atom is 0.337 e. The molecule has 1 heterocycles. The topological polar surface area (TPSA) is 29.5 Å². The van der Waals surface area contributed by atoms with Gasteiger partial charge in [0.05, 0.1) is 12.7 Å². The highest BCUT2D eigenvalue weighted by Gasteiger charge is 2.39. The molecular formula is C15H18F3NO2. The zero-order chi connectivity index (χ0) is 15.5. The quantitative estimate of drug-likeness (QED) is 0.632. The highest BCUT2D eigenvalue weighted by molar-refractivity contribution is 5.89. The lowest BCUT2D eigenvalue weighted by Gasteiger charge is -2.36. The van der Waals surface area contributed by atoms with Gasteiger partial charge < -0.3 is 4.74 Å². The average Bonchev–Trinajstić information content (AvgIpc) is 2.54. The van der Waals surface area contributed by atoms with E-state index in [4.69, 9.17) is 0 Å². The van der Waals surface area contributed by atoms with Gasteiger partial charge >= 0.3 is 12.0 Å². The SMILES string of the molecule is COC(=O)c1ccc(C2CCN(C(F)(F)CF)CC2)cc1. The zero-order valence-electron chi connectivity index (χ0n) is 11.8. The third-order valence-electron chi connectivity index (χ3n) is 3.92. The molecule has 0 amide bonds. The number of hydrogen-bond acceptors (Lipinski definition) is 3. The summed E-state index contributed by atoms with van der Waals surface area (Å²) in [6.45, 7) is -1.31. The Morgan fingerprint density at radius 1 is 1.29 bits per heavy atom. The van der Waals surface area contributed by atoms with Crippen LogP contribution >= 0.6 is 0 Å². The number of rotatable bonds is 4. The number of carbonyl (C=O) groups is 1. The van der Waals surface area contributed by atoms with Crippen molar-refractivity contribution in [2.75, 3.05) is 26.9 Å². The first kappa shape index (κ1) is 15.8. The third-order valence-corrected chi connectivity index (χ3v) is 3.92. The molecule has 21 heavy (non-hydrogen) atoms. The van der Waals surface area contributed by atoms with Gasteiger partial charge in [0.15, 0.2) is 6.67 Å². The van der Waals surface area contributed by atoms with Crippen molar-refractivity contribution < 1.29 is 22.7 Å². The number of benzene rings is 1. The Morgan fingerprint density at radius 2 is 1.86 bits per heavy atom. The second kappa shape index (κ2) is 6.47. The molecule has 0 spiro atoms. The molecule has 116 valence electrons. The molecule has 0 radical (unpaired) electrons. The van der Waals surface area contributed by atoms with E-state index in [1.54, 1.807) is 12.1 Å². The van der Waals surface area contributed by atoms with Crippen molar-refractivity contribution in [1.82, 2.24) is 4.90 Å². The summed E-state index contributed by atoms with van der Waals surface area (Å²) in [5.74, 6) is -0.248. The molecule has 1 aliphatic rings. The highest BCUT2D eigenvalue weighted by Crippen LogP contribution is 2.32. The Labute approximate surface area is 121 Å². The van der Waals surface area contributed by atoms with Crippen LogP contribution in [0.15, 0.2) is 24.3 Å². The fraction of sp³-hybridized carbons (Fsp3) is 0.533. The molecule has 0 saturated carbocycles. The largest absolute Gasteiger partial charge is 0.465 e. The molecule has 0 unspecified atom stereocenters. The van der Waals surface area contributed by atoms with Gasteiger partial charge in [-0.2, -0.15) is 8.78 Å². The number of alkyl halides is 3. The Kier molecular flexibility index (Phi) is 4.88. The van der Waals surface area contributed by atoms with Gasteiger partial charge in [-0.05, 0) is 36.5 Å². The van der Waals surface area contributed by atoms with Gasteiger partial charge in [-0.25, -0.2) is 14.1 Å². The summed E-state index contributed by atoms with van der Waals surface area (Å²) >= 11 is 0. The van der Waals surface area contributed by atoms with Crippen LogP contribution in [0.5, 0.6) is 0 Å². The molecule has 2 rings (SSSR count). The maximum atomic E-state index is 13.2. The van der Waals surface area contributed by atoms with Crippen molar-refractivity contribution in [3.05, 3.63) is 35.4 Å². The van der Waals surface area contributed by atoms with Crippen LogP contribution in [0.1, 0.15) is 34.7 Å². The summed E-state index contributed by atoms with van der Waals surface area (Å²) in [6, 6.07) is 3.62. The Morgan fingerprint density at radius 3 is 2.33 bits per heavy atom. The third kappa shape index (κ3) is 3.56. The molecular weight excluding hydrogens is 283 g/mol. The lowest BCUT2D eigenvalue weighted by molar-refractivity contribution is -0.165. The Balaban J connectivity index is 1.98. The number of halogens is 3. The van der Waals surface area contributed by atoms with E-state index in [-0.39, 0.29) is 19.0 Å². The van der Waals surface area contributed by atoms with Crippen LogP contribution in [0.4, 0.5) is 13.2 Å². The molecule has 1 saturated heterocycles. The van der Waals surface area contributed by atoms with Crippen LogP contribution in [-0.2, 0) is 4.74 Å². The normalized spacial score (nSPS) is 17.7. The monoisotopic (exact) mass is 301 g/mol. The van der Waals surface area contributed by atoms with E-state index in [2.05, 4.69) is 4.74 Å². The Bertz CT molecular complexity index is 482. The van der Waals surface area contributed by atoms with E-state index in [9.17, 15) is 18.0 Å². The molecule has 1 fully saturated rings. The molecule has 0 aliphatic carbocycles. The summed E-state index contributed by atoms with van der Waals surface area (Å²) in [5, 5.41) is 0. The van der Waals surface area contributed by atoms with Gasteiger partial charge in [0.1, 0.15) is 0 Å². The lowest BCUT2D eigenvalue weighted by Crippen LogP contribution is -2.47. The summed E-state index contributed by atoms with van der Waals surface area (Å²) in [7, 11) is 1.32. The number of ether oxygens (including phenoxy) is 1. The minimum Gasteiger partial charge on any atom is -0.465 e.